The molecular formula is C15H21N5S. The Hall–Kier alpha value is -1.66. The van der Waals surface area contributed by atoms with Crippen molar-refractivity contribution in [3.05, 3.63) is 24.5 Å². The average molecular weight is 303 g/mol. The molecule has 1 atom stereocenters. The minimum Gasteiger partial charge on any atom is -0.382 e. The summed E-state index contributed by atoms with van der Waals surface area (Å²) in [7, 11) is 2.20. The summed E-state index contributed by atoms with van der Waals surface area (Å²) < 4.78 is 4.28. The maximum Gasteiger partial charge on any atom is 0.147 e. The number of anilines is 2. The van der Waals surface area contributed by atoms with E-state index in [2.05, 4.69) is 33.5 Å². The van der Waals surface area contributed by atoms with E-state index in [1.807, 2.05) is 18.3 Å². The first-order valence-electron chi connectivity index (χ1n) is 7.28. The molecule has 3 N–H and O–H groups in total. The highest BCUT2D eigenvalue weighted by Crippen LogP contribution is 2.36. The normalized spacial score (nSPS) is 16.1. The van der Waals surface area contributed by atoms with E-state index in [0.29, 0.717) is 11.9 Å². The lowest BCUT2D eigenvalue weighted by Crippen LogP contribution is -2.36. The van der Waals surface area contributed by atoms with Crippen LogP contribution in [0.15, 0.2) is 24.5 Å². The van der Waals surface area contributed by atoms with Crippen LogP contribution in [0.3, 0.4) is 0 Å². The second kappa shape index (κ2) is 5.99. The number of nitrogens with zero attached hydrogens (tertiary/aromatic N) is 3. The van der Waals surface area contributed by atoms with Crippen molar-refractivity contribution in [2.45, 2.75) is 31.8 Å². The molecule has 0 aromatic carbocycles. The Bertz CT molecular complexity index is 593. The van der Waals surface area contributed by atoms with E-state index in [4.69, 9.17) is 5.73 Å². The number of likely N-dealkylation sites (N-methyl/N-ethyl adjacent to an activating group) is 1. The molecule has 1 unspecified atom stereocenters. The molecule has 0 spiro atoms. The van der Waals surface area contributed by atoms with Gasteiger partial charge in [0.2, 0.25) is 0 Å². The Labute approximate surface area is 129 Å². The largest absolute Gasteiger partial charge is 0.382 e. The Balaban J connectivity index is 1.71. The summed E-state index contributed by atoms with van der Waals surface area (Å²) >= 11 is 1.42. The smallest absolute Gasteiger partial charge is 0.147 e. The third-order valence-corrected chi connectivity index (χ3v) is 4.86. The fourth-order valence-corrected chi connectivity index (χ4v) is 3.18. The van der Waals surface area contributed by atoms with E-state index in [0.717, 1.165) is 28.7 Å². The lowest BCUT2D eigenvalue weighted by atomic mass is 10.1. The van der Waals surface area contributed by atoms with Crippen LogP contribution in [0, 0.1) is 0 Å². The third-order valence-electron chi connectivity index (χ3n) is 4.04. The predicted molar refractivity (Wildman–Crippen MR) is 88.5 cm³/mol. The number of nitrogen functional groups attached to an aromatic ring is 1. The predicted octanol–water partition coefficient (Wildman–Crippen LogP) is 2.68. The maximum absolute atomic E-state index is 6.02. The van der Waals surface area contributed by atoms with Crippen molar-refractivity contribution < 1.29 is 0 Å². The van der Waals surface area contributed by atoms with Gasteiger partial charge in [0.05, 0.1) is 5.56 Å². The number of aromatic nitrogens is 2. The summed E-state index contributed by atoms with van der Waals surface area (Å²) in [6.07, 6.45) is 6.24. The van der Waals surface area contributed by atoms with Crippen LogP contribution in [0.2, 0.25) is 0 Å². The van der Waals surface area contributed by atoms with Gasteiger partial charge in [0.25, 0.3) is 0 Å². The zero-order valence-corrected chi connectivity index (χ0v) is 13.2. The molecule has 1 aliphatic carbocycles. The van der Waals surface area contributed by atoms with Gasteiger partial charge in [-0.05, 0) is 44.4 Å². The van der Waals surface area contributed by atoms with Gasteiger partial charge in [0.15, 0.2) is 0 Å². The number of nitrogens with two attached hydrogens (primary N) is 1. The summed E-state index contributed by atoms with van der Waals surface area (Å²) in [5.41, 5.74) is 7.99. The monoisotopic (exact) mass is 303 g/mol. The molecule has 1 fully saturated rings. The molecule has 2 aromatic rings. The van der Waals surface area contributed by atoms with Crippen LogP contribution in [0.1, 0.15) is 19.8 Å². The van der Waals surface area contributed by atoms with Gasteiger partial charge in [-0.15, -0.1) is 0 Å². The fraction of sp³-hybridized carbons (Fsp3) is 0.467. The third kappa shape index (κ3) is 3.16. The molecule has 0 saturated heterocycles. The number of rotatable bonds is 6. The summed E-state index contributed by atoms with van der Waals surface area (Å²) in [6.45, 7) is 3.14. The molecule has 21 heavy (non-hydrogen) atoms. The molecule has 0 aliphatic heterocycles. The zero-order valence-electron chi connectivity index (χ0n) is 12.4. The van der Waals surface area contributed by atoms with Crippen molar-refractivity contribution >= 4 is 22.4 Å². The number of pyridine rings is 1. The van der Waals surface area contributed by atoms with Crippen LogP contribution >= 0.6 is 11.5 Å². The van der Waals surface area contributed by atoms with Crippen LogP contribution in [-0.2, 0) is 0 Å². The van der Waals surface area contributed by atoms with E-state index in [-0.39, 0.29) is 0 Å². The van der Waals surface area contributed by atoms with Gasteiger partial charge in [-0.2, -0.15) is 4.37 Å². The molecule has 112 valence electrons. The van der Waals surface area contributed by atoms with Crippen molar-refractivity contribution in [2.75, 3.05) is 24.6 Å². The number of hydrogen-bond acceptors (Lipinski definition) is 6. The highest BCUT2D eigenvalue weighted by atomic mass is 32.1. The first-order chi connectivity index (χ1) is 10.2. The van der Waals surface area contributed by atoms with E-state index in [1.165, 1.54) is 24.4 Å². The van der Waals surface area contributed by atoms with E-state index < -0.39 is 0 Å². The second-order valence-electron chi connectivity index (χ2n) is 5.64. The van der Waals surface area contributed by atoms with E-state index in [1.54, 1.807) is 6.20 Å². The highest BCUT2D eigenvalue weighted by Gasteiger charge is 2.29. The number of hydrogen-bond donors (Lipinski definition) is 2. The lowest BCUT2D eigenvalue weighted by molar-refractivity contribution is 0.257. The van der Waals surface area contributed by atoms with Crippen molar-refractivity contribution in [3.63, 3.8) is 0 Å². The SMILES string of the molecule is CC(CNc1snc(N)c1-c1cccnc1)N(C)C1CC1. The van der Waals surface area contributed by atoms with Crippen molar-refractivity contribution in [1.82, 2.24) is 14.3 Å². The topological polar surface area (TPSA) is 67.1 Å². The van der Waals surface area contributed by atoms with Gasteiger partial charge in [-0.25, -0.2) is 0 Å². The van der Waals surface area contributed by atoms with Crippen LogP contribution in [-0.4, -0.2) is 39.9 Å². The first-order valence-corrected chi connectivity index (χ1v) is 8.05. The Kier molecular flexibility index (Phi) is 4.07. The zero-order chi connectivity index (χ0) is 14.8. The van der Waals surface area contributed by atoms with Gasteiger partial charge in [-0.1, -0.05) is 6.07 Å². The maximum atomic E-state index is 6.02. The molecule has 0 amide bonds. The quantitative estimate of drug-likeness (QED) is 0.859. The molecule has 5 nitrogen and oxygen atoms in total. The second-order valence-corrected chi connectivity index (χ2v) is 6.41. The fourth-order valence-electron chi connectivity index (χ4n) is 2.44. The Morgan fingerprint density at radius 3 is 3.00 bits per heavy atom. The van der Waals surface area contributed by atoms with E-state index >= 15 is 0 Å². The molecule has 2 heterocycles. The van der Waals surface area contributed by atoms with Crippen LogP contribution < -0.4 is 11.1 Å². The molecule has 2 aromatic heterocycles. The minimum atomic E-state index is 0.488. The number of nitrogens with one attached hydrogen (secondary N) is 1. The van der Waals surface area contributed by atoms with Crippen LogP contribution in [0.25, 0.3) is 11.1 Å². The molecule has 0 radical (unpaired) electrons. The molecule has 6 heteroatoms. The van der Waals surface area contributed by atoms with Gasteiger partial charge < -0.3 is 11.1 Å². The standard InChI is InChI=1S/C15H21N5S/c1-10(20(2)12-5-6-12)8-18-15-13(14(16)19-21-15)11-4-3-7-17-9-11/h3-4,7,9-10,12,18H,5-6,8H2,1-2H3,(H2,16,19). The molecule has 1 saturated carbocycles. The van der Waals surface area contributed by atoms with Gasteiger partial charge in [0, 0.05) is 36.6 Å². The lowest BCUT2D eigenvalue weighted by Gasteiger charge is -2.24. The van der Waals surface area contributed by atoms with Crippen LogP contribution in [0.5, 0.6) is 0 Å². The Morgan fingerprint density at radius 2 is 2.33 bits per heavy atom. The summed E-state index contributed by atoms with van der Waals surface area (Å²) in [5.74, 6) is 0.568. The summed E-state index contributed by atoms with van der Waals surface area (Å²) in [6, 6.07) is 5.19. The summed E-state index contributed by atoms with van der Waals surface area (Å²) in [5, 5.41) is 4.53. The first kappa shape index (κ1) is 14.3. The van der Waals surface area contributed by atoms with E-state index in [9.17, 15) is 0 Å². The van der Waals surface area contributed by atoms with Gasteiger partial charge in [0.1, 0.15) is 10.8 Å². The van der Waals surface area contributed by atoms with Crippen molar-refractivity contribution in [2.24, 2.45) is 0 Å². The van der Waals surface area contributed by atoms with Crippen molar-refractivity contribution in [3.8, 4) is 11.1 Å². The summed E-state index contributed by atoms with van der Waals surface area (Å²) in [4.78, 5) is 6.61. The molecular weight excluding hydrogens is 282 g/mol. The highest BCUT2D eigenvalue weighted by molar-refractivity contribution is 7.11. The molecule has 3 rings (SSSR count). The van der Waals surface area contributed by atoms with Crippen molar-refractivity contribution in [1.29, 1.82) is 0 Å². The Morgan fingerprint density at radius 1 is 1.52 bits per heavy atom. The van der Waals surface area contributed by atoms with Gasteiger partial charge in [-0.3, -0.25) is 9.88 Å². The van der Waals surface area contributed by atoms with Crippen LogP contribution in [0.4, 0.5) is 10.8 Å². The average Bonchev–Trinajstić information content (AvgIpc) is 3.28. The molecule has 1 aliphatic rings. The van der Waals surface area contributed by atoms with Gasteiger partial charge >= 0.3 is 0 Å². The molecule has 0 bridgehead atoms. The minimum absolute atomic E-state index is 0.488.